The summed E-state index contributed by atoms with van der Waals surface area (Å²) < 4.78 is 18.6. The molecule has 1 unspecified atom stereocenters. The summed E-state index contributed by atoms with van der Waals surface area (Å²) in [6, 6.07) is 1.75. The van der Waals surface area contributed by atoms with Crippen LogP contribution < -0.4 is 0 Å². The van der Waals surface area contributed by atoms with Crippen LogP contribution in [0.25, 0.3) is 0 Å². The minimum atomic E-state index is -3.02. The van der Waals surface area contributed by atoms with Gasteiger partial charge in [-0.1, -0.05) is 13.8 Å². The molecule has 1 heterocycles. The smallest absolute Gasteiger partial charge is 0.166 e. The minimum Gasteiger partial charge on any atom is -0.235 e. The lowest BCUT2D eigenvalue weighted by Crippen LogP contribution is -1.84. The zero-order valence-corrected chi connectivity index (χ0v) is 9.22. The zero-order valence-electron chi connectivity index (χ0n) is 6.83. The van der Waals surface area contributed by atoms with Crippen LogP contribution in [0.1, 0.15) is 25.3 Å². The average molecular weight is 224 g/mol. The summed E-state index contributed by atoms with van der Waals surface area (Å²) >= 11 is 1.29. The van der Waals surface area contributed by atoms with E-state index in [-0.39, 0.29) is 0 Å². The standard InChI is InChI=1S/C7H10ClNOS2/c1-5(2)6-3-7(11-4-6)12(8,9)10/h3-5,9H,1-2H3. The Morgan fingerprint density at radius 1 is 1.67 bits per heavy atom. The first-order chi connectivity index (χ1) is 5.41. The first kappa shape index (κ1) is 10.0. The molecule has 0 saturated carbocycles. The maximum atomic E-state index is 11.1. The van der Waals surface area contributed by atoms with Crippen molar-refractivity contribution in [2.75, 3.05) is 0 Å². The molecule has 1 aromatic heterocycles. The molecule has 0 radical (unpaired) electrons. The van der Waals surface area contributed by atoms with Gasteiger partial charge < -0.3 is 0 Å². The van der Waals surface area contributed by atoms with E-state index in [4.69, 9.17) is 15.5 Å². The highest BCUT2D eigenvalue weighted by molar-refractivity contribution is 8.15. The monoisotopic (exact) mass is 223 g/mol. The van der Waals surface area contributed by atoms with Crippen LogP contribution in [-0.2, 0) is 8.94 Å². The molecular formula is C7H10ClNOS2. The summed E-state index contributed by atoms with van der Waals surface area (Å²) in [5.41, 5.74) is 1.09. The Bertz CT molecular complexity index is 367. The van der Waals surface area contributed by atoms with Crippen molar-refractivity contribution in [2.45, 2.75) is 24.0 Å². The lowest BCUT2D eigenvalue weighted by Gasteiger charge is -1.97. The van der Waals surface area contributed by atoms with Crippen LogP contribution in [0.15, 0.2) is 15.7 Å². The van der Waals surface area contributed by atoms with Gasteiger partial charge in [-0.2, -0.15) is 0 Å². The molecule has 5 heteroatoms. The highest BCUT2D eigenvalue weighted by Crippen LogP contribution is 2.27. The lowest BCUT2D eigenvalue weighted by atomic mass is 10.1. The number of hydrogen-bond acceptors (Lipinski definition) is 3. The number of halogens is 1. The third-order valence-corrected chi connectivity index (χ3v) is 4.66. The van der Waals surface area contributed by atoms with Crippen LogP contribution in [0.3, 0.4) is 0 Å². The molecule has 0 aliphatic carbocycles. The summed E-state index contributed by atoms with van der Waals surface area (Å²) in [6.07, 6.45) is 0. The van der Waals surface area contributed by atoms with Crippen LogP contribution in [0.4, 0.5) is 0 Å². The minimum absolute atomic E-state index is 0.397. The second kappa shape index (κ2) is 3.36. The predicted molar refractivity (Wildman–Crippen MR) is 53.4 cm³/mol. The Morgan fingerprint density at radius 3 is 2.50 bits per heavy atom. The van der Waals surface area contributed by atoms with E-state index < -0.39 is 8.94 Å². The van der Waals surface area contributed by atoms with Gasteiger partial charge in [0.15, 0.2) is 8.94 Å². The van der Waals surface area contributed by atoms with Crippen LogP contribution in [0.5, 0.6) is 0 Å². The SMILES string of the molecule is CC(C)c1csc(S(=N)(=O)Cl)c1. The molecule has 1 atom stereocenters. The second-order valence-corrected chi connectivity index (χ2v) is 6.73. The molecule has 0 saturated heterocycles. The third kappa shape index (κ3) is 2.21. The molecule has 0 fully saturated rings. The fraction of sp³-hybridized carbons (Fsp3) is 0.429. The second-order valence-electron chi connectivity index (χ2n) is 2.84. The van der Waals surface area contributed by atoms with Gasteiger partial charge in [-0.3, -0.25) is 0 Å². The third-order valence-electron chi connectivity index (χ3n) is 1.52. The van der Waals surface area contributed by atoms with Crippen molar-refractivity contribution >= 4 is 31.0 Å². The van der Waals surface area contributed by atoms with E-state index in [0.717, 1.165) is 5.56 Å². The van der Waals surface area contributed by atoms with Gasteiger partial charge in [-0.05, 0) is 22.9 Å². The van der Waals surface area contributed by atoms with E-state index in [1.54, 1.807) is 6.07 Å². The van der Waals surface area contributed by atoms with Crippen LogP contribution >= 0.6 is 22.0 Å². The van der Waals surface area contributed by atoms with E-state index in [1.165, 1.54) is 11.3 Å². The van der Waals surface area contributed by atoms with Crippen molar-refractivity contribution in [1.29, 1.82) is 4.78 Å². The Labute approximate surface area is 81.0 Å². The largest absolute Gasteiger partial charge is 0.235 e. The summed E-state index contributed by atoms with van der Waals surface area (Å²) in [4.78, 5) is 0. The van der Waals surface area contributed by atoms with Gasteiger partial charge in [0, 0.05) is 10.7 Å². The zero-order chi connectivity index (χ0) is 9.35. The van der Waals surface area contributed by atoms with Gasteiger partial charge in [0.2, 0.25) is 0 Å². The van der Waals surface area contributed by atoms with E-state index >= 15 is 0 Å². The molecule has 0 aliphatic rings. The van der Waals surface area contributed by atoms with Gasteiger partial charge in [0.25, 0.3) is 0 Å². The quantitative estimate of drug-likeness (QED) is 0.767. The Hall–Kier alpha value is -0.0600. The lowest BCUT2D eigenvalue weighted by molar-refractivity contribution is 0.685. The number of nitrogens with one attached hydrogen (secondary N) is 1. The first-order valence-electron chi connectivity index (χ1n) is 3.48. The van der Waals surface area contributed by atoms with Gasteiger partial charge in [0.05, 0.1) is 0 Å². The molecular weight excluding hydrogens is 214 g/mol. The molecule has 0 spiro atoms. The van der Waals surface area contributed by atoms with Gasteiger partial charge in [-0.25, -0.2) is 8.99 Å². The van der Waals surface area contributed by atoms with Gasteiger partial charge >= 0.3 is 0 Å². The highest BCUT2D eigenvalue weighted by atomic mass is 35.7. The molecule has 1 N–H and O–H groups in total. The molecule has 0 aromatic carbocycles. The summed E-state index contributed by atoms with van der Waals surface area (Å²) in [7, 11) is 2.36. The predicted octanol–water partition coefficient (Wildman–Crippen LogP) is 3.43. The molecule has 2 nitrogen and oxygen atoms in total. The number of thiophene rings is 1. The van der Waals surface area contributed by atoms with Crippen molar-refractivity contribution in [3.8, 4) is 0 Å². The number of rotatable bonds is 2. The van der Waals surface area contributed by atoms with Crippen molar-refractivity contribution in [3.63, 3.8) is 0 Å². The fourth-order valence-corrected chi connectivity index (χ4v) is 2.96. The molecule has 12 heavy (non-hydrogen) atoms. The Balaban J connectivity index is 3.09. The number of hydrogen-bond donors (Lipinski definition) is 1. The summed E-state index contributed by atoms with van der Waals surface area (Å²) in [5.74, 6) is 0.397. The average Bonchev–Trinajstić information content (AvgIpc) is 2.30. The normalized spacial score (nSPS) is 16.3. The molecule has 1 rings (SSSR count). The van der Waals surface area contributed by atoms with E-state index in [9.17, 15) is 4.21 Å². The van der Waals surface area contributed by atoms with Gasteiger partial charge in [0.1, 0.15) is 4.21 Å². The maximum Gasteiger partial charge on any atom is 0.166 e. The maximum absolute atomic E-state index is 11.1. The van der Waals surface area contributed by atoms with E-state index in [0.29, 0.717) is 10.1 Å². The summed E-state index contributed by atoms with van der Waals surface area (Å²) in [6.45, 7) is 4.09. The Kier molecular flexibility index (Phi) is 2.81. The topological polar surface area (TPSA) is 40.9 Å². The van der Waals surface area contributed by atoms with E-state index in [1.807, 2.05) is 19.2 Å². The fourth-order valence-electron chi connectivity index (χ4n) is 0.771. The van der Waals surface area contributed by atoms with Crippen molar-refractivity contribution in [2.24, 2.45) is 0 Å². The van der Waals surface area contributed by atoms with Gasteiger partial charge in [-0.15, -0.1) is 11.3 Å². The summed E-state index contributed by atoms with van der Waals surface area (Å²) in [5, 5.41) is 1.90. The van der Waals surface area contributed by atoms with Crippen molar-refractivity contribution in [1.82, 2.24) is 0 Å². The van der Waals surface area contributed by atoms with E-state index in [2.05, 4.69) is 0 Å². The van der Waals surface area contributed by atoms with Crippen LogP contribution in [0.2, 0.25) is 0 Å². The van der Waals surface area contributed by atoms with Crippen LogP contribution in [0, 0.1) is 4.78 Å². The van der Waals surface area contributed by atoms with Crippen molar-refractivity contribution in [3.05, 3.63) is 17.0 Å². The highest BCUT2D eigenvalue weighted by Gasteiger charge is 2.10. The molecule has 0 bridgehead atoms. The molecule has 68 valence electrons. The Morgan fingerprint density at radius 2 is 2.25 bits per heavy atom. The molecule has 1 aromatic rings. The van der Waals surface area contributed by atoms with Crippen LogP contribution in [-0.4, -0.2) is 4.21 Å². The first-order valence-corrected chi connectivity index (χ1v) is 6.74. The van der Waals surface area contributed by atoms with Crippen molar-refractivity contribution < 1.29 is 4.21 Å². The molecule has 0 aliphatic heterocycles. The molecule has 0 amide bonds.